The Morgan fingerprint density at radius 1 is 1.43 bits per heavy atom. The number of nitrogens with one attached hydrogen (secondary N) is 2. The van der Waals surface area contributed by atoms with Crippen LogP contribution in [0.25, 0.3) is 0 Å². The van der Waals surface area contributed by atoms with Gasteiger partial charge < -0.3 is 4.74 Å². The third-order valence-corrected chi connectivity index (χ3v) is 4.50. The first-order valence-corrected chi connectivity index (χ1v) is 7.83. The Morgan fingerprint density at radius 2 is 2.14 bits per heavy atom. The van der Waals surface area contributed by atoms with Crippen LogP contribution < -0.4 is 9.46 Å². The fourth-order valence-corrected chi connectivity index (χ4v) is 3.58. The summed E-state index contributed by atoms with van der Waals surface area (Å²) < 4.78 is 57.5. The van der Waals surface area contributed by atoms with Gasteiger partial charge in [-0.3, -0.25) is 0 Å². The second-order valence-corrected chi connectivity index (χ2v) is 6.18. The molecule has 11 heteroatoms. The van der Waals surface area contributed by atoms with Crippen LogP contribution in [0.15, 0.2) is 21.5 Å². The average Bonchev–Trinajstić information content (AvgIpc) is 2.74. The van der Waals surface area contributed by atoms with Gasteiger partial charge in [0.15, 0.2) is 0 Å². The van der Waals surface area contributed by atoms with E-state index in [-0.39, 0.29) is 16.4 Å². The van der Waals surface area contributed by atoms with E-state index in [1.807, 2.05) is 4.72 Å². The highest BCUT2D eigenvalue weighted by atomic mass is 79.9. The third kappa shape index (κ3) is 3.47. The van der Waals surface area contributed by atoms with E-state index in [0.717, 1.165) is 6.07 Å². The fourth-order valence-electron chi connectivity index (χ4n) is 1.45. The highest BCUT2D eigenvalue weighted by Crippen LogP contribution is 2.27. The zero-order chi connectivity index (χ0) is 15.6. The number of aromatic nitrogens is 3. The Labute approximate surface area is 126 Å². The monoisotopic (exact) mass is 382 g/mol. The van der Waals surface area contributed by atoms with Gasteiger partial charge in [0.2, 0.25) is 5.95 Å². The normalized spacial score (nSPS) is 11.4. The molecule has 0 bridgehead atoms. The van der Waals surface area contributed by atoms with Crippen molar-refractivity contribution in [2.45, 2.75) is 11.8 Å². The summed E-state index contributed by atoms with van der Waals surface area (Å²) in [5, 5.41) is 5.87. The number of sulfonamides is 1. The van der Waals surface area contributed by atoms with Crippen LogP contribution in [0.1, 0.15) is 6.92 Å². The summed E-state index contributed by atoms with van der Waals surface area (Å²) in [7, 11) is -4.32. The van der Waals surface area contributed by atoms with Crippen LogP contribution >= 0.6 is 15.9 Å². The van der Waals surface area contributed by atoms with E-state index in [2.05, 4.69) is 31.1 Å². The zero-order valence-electron chi connectivity index (χ0n) is 10.5. The number of rotatable bonds is 5. The molecule has 2 N–H and O–H groups in total. The van der Waals surface area contributed by atoms with Crippen molar-refractivity contribution in [1.29, 1.82) is 0 Å². The van der Waals surface area contributed by atoms with E-state index in [1.54, 1.807) is 6.92 Å². The van der Waals surface area contributed by atoms with Crippen LogP contribution in [0.3, 0.4) is 0 Å². The van der Waals surface area contributed by atoms with Gasteiger partial charge in [-0.25, -0.2) is 27.0 Å². The molecule has 2 aromatic rings. The Hall–Kier alpha value is -1.75. The zero-order valence-corrected chi connectivity index (χ0v) is 12.9. The number of hydrogen-bond acceptors (Lipinski definition) is 5. The lowest BCUT2D eigenvalue weighted by Crippen LogP contribution is -2.16. The first kappa shape index (κ1) is 15.6. The van der Waals surface area contributed by atoms with Crippen molar-refractivity contribution in [3.8, 4) is 6.01 Å². The molecule has 0 saturated heterocycles. The summed E-state index contributed by atoms with van der Waals surface area (Å²) in [5.74, 6) is -2.40. The van der Waals surface area contributed by atoms with Crippen LogP contribution in [0.5, 0.6) is 6.01 Å². The molecule has 0 fully saturated rings. The minimum atomic E-state index is -4.32. The maximum Gasteiger partial charge on any atom is 0.337 e. The maximum atomic E-state index is 13.7. The van der Waals surface area contributed by atoms with Gasteiger partial charge >= 0.3 is 6.01 Å². The molecule has 21 heavy (non-hydrogen) atoms. The SMILES string of the molecule is CCOc1n[nH]c(NS(=O)(=O)c2c(F)cc(F)cc2Br)n1. The number of hydrogen-bond donors (Lipinski definition) is 2. The molecule has 0 atom stereocenters. The molecular weight excluding hydrogens is 374 g/mol. The minimum absolute atomic E-state index is 0.0613. The second kappa shape index (κ2) is 5.93. The van der Waals surface area contributed by atoms with Crippen LogP contribution in [-0.2, 0) is 10.0 Å². The molecule has 0 aliphatic rings. The molecule has 0 unspecified atom stereocenters. The van der Waals surface area contributed by atoms with E-state index >= 15 is 0 Å². The summed E-state index contributed by atoms with van der Waals surface area (Å²) in [5.41, 5.74) is 0. The van der Waals surface area contributed by atoms with Crippen LogP contribution in [-0.4, -0.2) is 30.2 Å². The highest BCUT2D eigenvalue weighted by Gasteiger charge is 2.25. The third-order valence-electron chi connectivity index (χ3n) is 2.20. The van der Waals surface area contributed by atoms with Gasteiger partial charge in [-0.1, -0.05) is 0 Å². The van der Waals surface area contributed by atoms with E-state index in [4.69, 9.17) is 4.74 Å². The smallest absolute Gasteiger partial charge is 0.337 e. The van der Waals surface area contributed by atoms with E-state index in [0.29, 0.717) is 12.7 Å². The molecule has 0 aliphatic carbocycles. The number of halogens is 3. The van der Waals surface area contributed by atoms with Gasteiger partial charge in [0, 0.05) is 10.5 Å². The van der Waals surface area contributed by atoms with Crippen molar-refractivity contribution >= 4 is 31.9 Å². The molecule has 0 spiro atoms. The number of H-pyrrole nitrogens is 1. The molecule has 7 nitrogen and oxygen atoms in total. The van der Waals surface area contributed by atoms with E-state index in [1.165, 1.54) is 0 Å². The molecule has 0 radical (unpaired) electrons. The number of ether oxygens (including phenoxy) is 1. The van der Waals surface area contributed by atoms with Crippen molar-refractivity contribution < 1.29 is 21.9 Å². The van der Waals surface area contributed by atoms with Crippen molar-refractivity contribution in [2.24, 2.45) is 0 Å². The predicted octanol–water partition coefficient (Wildman–Crippen LogP) is 2.04. The highest BCUT2D eigenvalue weighted by molar-refractivity contribution is 9.10. The lowest BCUT2D eigenvalue weighted by atomic mass is 10.3. The largest absolute Gasteiger partial charge is 0.463 e. The molecule has 0 aliphatic heterocycles. The number of nitrogens with zero attached hydrogens (tertiary/aromatic N) is 2. The lowest BCUT2D eigenvalue weighted by molar-refractivity contribution is 0.314. The number of aromatic amines is 1. The maximum absolute atomic E-state index is 13.7. The van der Waals surface area contributed by atoms with Crippen molar-refractivity contribution in [2.75, 3.05) is 11.3 Å². The Balaban J connectivity index is 2.34. The van der Waals surface area contributed by atoms with Crippen molar-refractivity contribution in [3.63, 3.8) is 0 Å². The molecule has 1 aromatic heterocycles. The quantitative estimate of drug-likeness (QED) is 0.824. The fraction of sp³-hybridized carbons (Fsp3) is 0.200. The predicted molar refractivity (Wildman–Crippen MR) is 72.4 cm³/mol. The molecule has 2 rings (SSSR count). The average molecular weight is 383 g/mol. The topological polar surface area (TPSA) is 97.0 Å². The standard InChI is InChI=1S/C10H9BrF2N4O3S/c1-2-20-10-14-9(15-16-10)17-21(18,19)8-6(11)3-5(12)4-7(8)13/h3-4H,2H2,1H3,(H2,14,15,16,17). The molecule has 1 heterocycles. The first-order chi connectivity index (χ1) is 9.83. The lowest BCUT2D eigenvalue weighted by Gasteiger charge is -2.08. The first-order valence-electron chi connectivity index (χ1n) is 5.56. The molecule has 0 amide bonds. The molecular formula is C10H9BrF2N4O3S. The summed E-state index contributed by atoms with van der Waals surface area (Å²) in [6.45, 7) is 1.99. The molecule has 0 saturated carbocycles. The molecule has 114 valence electrons. The summed E-state index contributed by atoms with van der Waals surface area (Å²) >= 11 is 2.81. The Kier molecular flexibility index (Phi) is 4.42. The van der Waals surface area contributed by atoms with Gasteiger partial charge in [0.1, 0.15) is 16.5 Å². The van der Waals surface area contributed by atoms with Crippen LogP contribution in [0, 0.1) is 11.6 Å². The van der Waals surface area contributed by atoms with E-state index < -0.39 is 26.6 Å². The van der Waals surface area contributed by atoms with Gasteiger partial charge in [-0.15, -0.1) is 5.10 Å². The van der Waals surface area contributed by atoms with E-state index in [9.17, 15) is 17.2 Å². The number of benzene rings is 1. The number of anilines is 1. The van der Waals surface area contributed by atoms with Gasteiger partial charge in [0.25, 0.3) is 10.0 Å². The van der Waals surface area contributed by atoms with Crippen molar-refractivity contribution in [3.05, 3.63) is 28.2 Å². The summed E-state index contributed by atoms with van der Waals surface area (Å²) in [4.78, 5) is 2.96. The summed E-state index contributed by atoms with van der Waals surface area (Å²) in [6, 6.07) is 1.24. The van der Waals surface area contributed by atoms with Gasteiger partial charge in [0.05, 0.1) is 6.61 Å². The summed E-state index contributed by atoms with van der Waals surface area (Å²) in [6.07, 6.45) is 0. The van der Waals surface area contributed by atoms with Gasteiger partial charge in [-0.05, 0) is 28.9 Å². The van der Waals surface area contributed by atoms with Crippen LogP contribution in [0.4, 0.5) is 14.7 Å². The van der Waals surface area contributed by atoms with Crippen LogP contribution in [0.2, 0.25) is 0 Å². The Bertz CT molecular complexity index is 742. The second-order valence-electron chi connectivity index (χ2n) is 3.70. The minimum Gasteiger partial charge on any atom is -0.463 e. The Morgan fingerprint density at radius 3 is 2.76 bits per heavy atom. The molecule has 1 aromatic carbocycles. The van der Waals surface area contributed by atoms with Gasteiger partial charge in [-0.2, -0.15) is 4.98 Å². The van der Waals surface area contributed by atoms with Crippen molar-refractivity contribution in [1.82, 2.24) is 15.2 Å².